The molecule has 11 heteroatoms. The lowest BCUT2D eigenvalue weighted by molar-refractivity contribution is 0.126. The number of nitrogens with one attached hydrogen (secondary N) is 2. The number of carbonyl (C=O) groups excluding carboxylic acids is 2. The molecule has 256 valence electrons. The van der Waals surface area contributed by atoms with Crippen LogP contribution in [-0.4, -0.2) is 52.2 Å². The van der Waals surface area contributed by atoms with Gasteiger partial charge in [0.25, 0.3) is 0 Å². The van der Waals surface area contributed by atoms with Gasteiger partial charge in [0.05, 0.1) is 20.8 Å². The van der Waals surface area contributed by atoms with Crippen LogP contribution in [0.5, 0.6) is 0 Å². The standard InChI is InChI=1S/C39H39N5O4S2/c45-38(47-25-36-20-40-27-49-36)42-34(18-29-9-3-1-4-10-29)23-44(22-31-15-16-32-13-7-8-14-33(32)17-31)24-35(19-30-11-5-2-6-12-30)43-39(46)48-26-37-21-41-28-50-37/h1-17,20-21,27-28,34-35H,18-19,22-26H2,(H,42,45)(H,43,46)/t34-,35+. The Balaban J connectivity index is 1.24. The molecule has 0 unspecified atom stereocenters. The number of hydrogen-bond donors (Lipinski definition) is 2. The van der Waals surface area contributed by atoms with Gasteiger partial charge in [0.15, 0.2) is 0 Å². The number of benzene rings is 4. The van der Waals surface area contributed by atoms with Gasteiger partial charge in [0.2, 0.25) is 0 Å². The van der Waals surface area contributed by atoms with Gasteiger partial charge in [-0.25, -0.2) is 9.59 Å². The second-order valence-corrected chi connectivity index (χ2v) is 14.0. The first-order valence-corrected chi connectivity index (χ1v) is 18.2. The zero-order valence-corrected chi connectivity index (χ0v) is 29.2. The average Bonchev–Trinajstić information content (AvgIpc) is 3.86. The molecule has 0 radical (unpaired) electrons. The summed E-state index contributed by atoms with van der Waals surface area (Å²) in [6, 6.07) is 34.4. The predicted octanol–water partition coefficient (Wildman–Crippen LogP) is 7.63. The van der Waals surface area contributed by atoms with Crippen molar-refractivity contribution in [3.8, 4) is 0 Å². The van der Waals surface area contributed by atoms with Gasteiger partial charge < -0.3 is 20.1 Å². The number of alkyl carbamates (subject to hydrolysis) is 2. The molecule has 2 amide bonds. The lowest BCUT2D eigenvalue weighted by atomic mass is 10.0. The molecule has 6 rings (SSSR count). The van der Waals surface area contributed by atoms with Gasteiger partial charge in [-0.15, -0.1) is 22.7 Å². The van der Waals surface area contributed by atoms with Crippen molar-refractivity contribution in [2.75, 3.05) is 13.1 Å². The number of ether oxygens (including phenoxy) is 2. The highest BCUT2D eigenvalue weighted by atomic mass is 32.1. The Labute approximate surface area is 299 Å². The molecule has 2 aromatic heterocycles. The van der Waals surface area contributed by atoms with E-state index in [1.165, 1.54) is 28.1 Å². The lowest BCUT2D eigenvalue weighted by Crippen LogP contribution is -2.50. The molecule has 6 aromatic rings. The SMILES string of the molecule is O=C(N[C@H](Cc1ccccc1)CN(Cc1ccc2ccccc2c1)C[C@H](Cc1ccccc1)NC(=O)OCc1cncs1)OCc1cncs1. The summed E-state index contributed by atoms with van der Waals surface area (Å²) < 4.78 is 11.2. The molecule has 0 aliphatic heterocycles. The molecule has 9 nitrogen and oxygen atoms in total. The largest absolute Gasteiger partial charge is 0.444 e. The molecule has 2 N–H and O–H groups in total. The van der Waals surface area contributed by atoms with Crippen LogP contribution in [0.15, 0.2) is 127 Å². The first kappa shape index (κ1) is 34.8. The average molecular weight is 706 g/mol. The molecule has 0 aliphatic carbocycles. The van der Waals surface area contributed by atoms with Gasteiger partial charge in [-0.1, -0.05) is 97.1 Å². The summed E-state index contributed by atoms with van der Waals surface area (Å²) in [6.45, 7) is 1.90. The summed E-state index contributed by atoms with van der Waals surface area (Å²) in [7, 11) is 0. The van der Waals surface area contributed by atoms with Crippen LogP contribution in [0.4, 0.5) is 9.59 Å². The maximum atomic E-state index is 13.2. The topological polar surface area (TPSA) is 106 Å². The highest BCUT2D eigenvalue weighted by molar-refractivity contribution is 7.09. The number of carbonyl (C=O) groups is 2. The molecular weight excluding hydrogens is 667 g/mol. The number of aromatic nitrogens is 2. The number of thiazole rings is 2. The zero-order chi connectivity index (χ0) is 34.4. The van der Waals surface area contributed by atoms with E-state index in [4.69, 9.17) is 9.47 Å². The summed E-state index contributed by atoms with van der Waals surface area (Å²) in [4.78, 5) is 38.5. The van der Waals surface area contributed by atoms with Crippen LogP contribution in [0.25, 0.3) is 10.8 Å². The number of hydrogen-bond acceptors (Lipinski definition) is 9. The Morgan fingerprint density at radius 3 is 1.62 bits per heavy atom. The Morgan fingerprint density at radius 2 is 1.12 bits per heavy atom. The summed E-state index contributed by atoms with van der Waals surface area (Å²) in [5.74, 6) is 0. The van der Waals surface area contributed by atoms with Crippen LogP contribution >= 0.6 is 22.7 Å². The monoisotopic (exact) mass is 705 g/mol. The van der Waals surface area contributed by atoms with Crippen LogP contribution in [0, 0.1) is 0 Å². The van der Waals surface area contributed by atoms with E-state index in [1.54, 1.807) is 23.4 Å². The molecule has 2 heterocycles. The third-order valence-electron chi connectivity index (χ3n) is 8.13. The highest BCUT2D eigenvalue weighted by Gasteiger charge is 2.23. The highest BCUT2D eigenvalue weighted by Crippen LogP contribution is 2.19. The van der Waals surface area contributed by atoms with Gasteiger partial charge >= 0.3 is 12.2 Å². The van der Waals surface area contributed by atoms with Crippen LogP contribution in [0.1, 0.15) is 26.4 Å². The van der Waals surface area contributed by atoms with E-state index >= 15 is 0 Å². The number of amides is 2. The minimum atomic E-state index is -0.490. The van der Waals surface area contributed by atoms with Crippen LogP contribution in [-0.2, 0) is 42.1 Å². The maximum absolute atomic E-state index is 13.2. The summed E-state index contributed by atoms with van der Waals surface area (Å²) in [5.41, 5.74) is 6.75. The molecule has 50 heavy (non-hydrogen) atoms. The predicted molar refractivity (Wildman–Crippen MR) is 198 cm³/mol. The van der Waals surface area contributed by atoms with E-state index < -0.39 is 12.2 Å². The normalized spacial score (nSPS) is 12.3. The van der Waals surface area contributed by atoms with E-state index in [1.807, 2.05) is 48.5 Å². The number of nitrogens with zero attached hydrogens (tertiary/aromatic N) is 3. The van der Waals surface area contributed by atoms with Gasteiger partial charge in [-0.3, -0.25) is 14.9 Å². The molecule has 0 saturated heterocycles. The molecule has 2 atom stereocenters. The molecule has 0 bridgehead atoms. The third kappa shape index (κ3) is 11.0. The fourth-order valence-corrected chi connectivity index (χ4v) is 6.87. The quantitative estimate of drug-likeness (QED) is 0.107. The van der Waals surface area contributed by atoms with Crippen molar-refractivity contribution in [2.24, 2.45) is 0 Å². The van der Waals surface area contributed by atoms with Gasteiger partial charge in [-0.05, 0) is 46.4 Å². The van der Waals surface area contributed by atoms with E-state index in [0.29, 0.717) is 32.5 Å². The van der Waals surface area contributed by atoms with E-state index in [-0.39, 0.29) is 25.3 Å². The van der Waals surface area contributed by atoms with Gasteiger partial charge in [0, 0.05) is 44.1 Å². The van der Waals surface area contributed by atoms with Crippen molar-refractivity contribution in [2.45, 2.75) is 44.7 Å². The maximum Gasteiger partial charge on any atom is 0.407 e. The summed E-state index contributed by atoms with van der Waals surface area (Å²) in [5, 5.41) is 8.60. The van der Waals surface area contributed by atoms with E-state index in [0.717, 1.165) is 31.8 Å². The van der Waals surface area contributed by atoms with Crippen molar-refractivity contribution in [3.63, 3.8) is 0 Å². The Hall–Kier alpha value is -5.10. The van der Waals surface area contributed by atoms with Gasteiger partial charge in [0.1, 0.15) is 13.2 Å². The Morgan fingerprint density at radius 1 is 0.620 bits per heavy atom. The molecule has 0 aliphatic rings. The van der Waals surface area contributed by atoms with E-state index in [9.17, 15) is 9.59 Å². The third-order valence-corrected chi connectivity index (χ3v) is 9.64. The Kier molecular flexibility index (Phi) is 12.5. The fraction of sp³-hybridized carbons (Fsp3) is 0.231. The fourth-order valence-electron chi connectivity index (χ4n) is 5.86. The minimum absolute atomic E-state index is 0.155. The molecule has 0 saturated carbocycles. The second kappa shape index (κ2) is 18.1. The number of rotatable bonds is 16. The smallest absolute Gasteiger partial charge is 0.407 e. The van der Waals surface area contributed by atoms with Gasteiger partial charge in [-0.2, -0.15) is 0 Å². The zero-order valence-electron chi connectivity index (χ0n) is 27.5. The van der Waals surface area contributed by atoms with Crippen molar-refractivity contribution in [1.82, 2.24) is 25.5 Å². The Bertz CT molecular complexity index is 1810. The molecule has 0 spiro atoms. The van der Waals surface area contributed by atoms with Crippen molar-refractivity contribution < 1.29 is 19.1 Å². The minimum Gasteiger partial charge on any atom is -0.444 e. The number of fused-ring (bicyclic) bond motifs is 1. The lowest BCUT2D eigenvalue weighted by Gasteiger charge is -2.32. The van der Waals surface area contributed by atoms with Crippen molar-refractivity contribution in [3.05, 3.63) is 153 Å². The van der Waals surface area contributed by atoms with Crippen molar-refractivity contribution >= 4 is 45.6 Å². The van der Waals surface area contributed by atoms with Crippen molar-refractivity contribution in [1.29, 1.82) is 0 Å². The summed E-state index contributed by atoms with van der Waals surface area (Å²) in [6.07, 6.45) is 3.61. The first-order valence-electron chi connectivity index (χ1n) is 16.4. The molecular formula is C39H39N5O4S2. The van der Waals surface area contributed by atoms with Crippen LogP contribution in [0.3, 0.4) is 0 Å². The summed E-state index contributed by atoms with van der Waals surface area (Å²) >= 11 is 2.88. The van der Waals surface area contributed by atoms with Crippen LogP contribution in [0.2, 0.25) is 0 Å². The molecule has 0 fully saturated rings. The second-order valence-electron chi connectivity index (χ2n) is 12.0. The van der Waals surface area contributed by atoms with Crippen LogP contribution < -0.4 is 10.6 Å². The van der Waals surface area contributed by atoms with E-state index in [2.05, 4.69) is 80.1 Å². The first-order chi connectivity index (χ1) is 24.6. The molecule has 4 aromatic carbocycles.